The van der Waals surface area contributed by atoms with Gasteiger partial charge in [0.1, 0.15) is 28.1 Å². The minimum Gasteiger partial charge on any atom is -0.480 e. The van der Waals surface area contributed by atoms with Gasteiger partial charge in [-0.05, 0) is 44.6 Å². The Morgan fingerprint density at radius 1 is 0.962 bits per heavy atom. The maximum absolute atomic E-state index is 14.4. The van der Waals surface area contributed by atoms with Gasteiger partial charge < -0.3 is 34.9 Å². The highest BCUT2D eigenvalue weighted by atomic mass is 32.1. The number of pyridine rings is 1. The Labute approximate surface area is 306 Å². The molecule has 3 aliphatic rings. The van der Waals surface area contributed by atoms with E-state index in [4.69, 9.17) is 9.15 Å². The van der Waals surface area contributed by atoms with Crippen LogP contribution in [0.2, 0.25) is 0 Å². The summed E-state index contributed by atoms with van der Waals surface area (Å²) in [7, 11) is 1.40. The molecular weight excluding hydrogens is 689 g/mol. The first kappa shape index (κ1) is 36.9. The normalized spacial score (nSPS) is 21.9. The predicted molar refractivity (Wildman–Crippen MR) is 190 cm³/mol. The van der Waals surface area contributed by atoms with E-state index in [-0.39, 0.29) is 64.8 Å². The van der Waals surface area contributed by atoms with Crippen LogP contribution in [0.4, 0.5) is 0 Å². The van der Waals surface area contributed by atoms with E-state index in [9.17, 15) is 24.0 Å². The molecule has 3 aromatic rings. The lowest BCUT2D eigenvalue weighted by molar-refractivity contribution is -0.122. The zero-order chi connectivity index (χ0) is 37.4. The van der Waals surface area contributed by atoms with Crippen LogP contribution in [0.1, 0.15) is 136 Å². The zero-order valence-corrected chi connectivity index (χ0v) is 31.4. The van der Waals surface area contributed by atoms with Gasteiger partial charge in [0, 0.05) is 24.0 Å². The Morgan fingerprint density at radius 3 is 2.35 bits per heavy atom. The standard InChI is InChI=1S/C36H46N8O7S/c1-17(2)27-33-42-29(20(6)51-33)31(47)37-19(5)13-43(15-26(45)40-28(18(3)4)34-39-25(16-52-34)30(46)41-27)35(48)23-12-22-24(38-32(23)50-7)14-44(36(22)49)21-10-8-9-11-21/h12,16-19,21,27-28H,8-11,13-15H2,1-7H3,(H,37,47)(H,40,45)(H,41,46)/t19-,27-,28+/m1/s1. The second-order valence-electron chi connectivity index (χ2n) is 14.5. The topological polar surface area (TPSA) is 189 Å². The molecule has 278 valence electrons. The van der Waals surface area contributed by atoms with Crippen LogP contribution in [0.3, 0.4) is 0 Å². The van der Waals surface area contributed by atoms with Gasteiger partial charge in [-0.15, -0.1) is 11.3 Å². The number of methoxy groups -OCH3 is 1. The van der Waals surface area contributed by atoms with Crippen molar-refractivity contribution in [2.75, 3.05) is 20.2 Å². The smallest absolute Gasteiger partial charge is 0.273 e. The highest BCUT2D eigenvalue weighted by Crippen LogP contribution is 2.34. The van der Waals surface area contributed by atoms with Gasteiger partial charge in [-0.25, -0.2) is 15.0 Å². The monoisotopic (exact) mass is 734 g/mol. The number of carbonyl (C=O) groups excluding carboxylic acids is 5. The SMILES string of the molecule is COc1nc2c(cc1C(=O)N1CC(=O)N[C@@H](C(C)C)c3nc(cs3)C(=O)N[C@H](C(C)C)c3nc(c(C)o3)C(=O)N[C@H](C)C1)C(=O)N(C1CCCC1)C2. The van der Waals surface area contributed by atoms with E-state index in [0.717, 1.165) is 25.7 Å². The van der Waals surface area contributed by atoms with Crippen LogP contribution in [0.5, 0.6) is 5.88 Å². The molecule has 2 aliphatic heterocycles. The van der Waals surface area contributed by atoms with Crippen LogP contribution < -0.4 is 20.7 Å². The van der Waals surface area contributed by atoms with Crippen LogP contribution in [-0.4, -0.2) is 86.6 Å². The van der Waals surface area contributed by atoms with E-state index in [1.807, 2.05) is 32.6 Å². The average Bonchev–Trinajstić information content (AvgIpc) is 3.91. The molecule has 0 aromatic carbocycles. The second kappa shape index (κ2) is 15.0. The number of oxazole rings is 1. The van der Waals surface area contributed by atoms with Crippen molar-refractivity contribution in [1.82, 2.24) is 40.7 Å². The van der Waals surface area contributed by atoms with Crippen LogP contribution in [-0.2, 0) is 11.3 Å². The molecule has 0 saturated heterocycles. The van der Waals surface area contributed by atoms with Crippen molar-refractivity contribution in [2.45, 2.75) is 97.9 Å². The van der Waals surface area contributed by atoms with Crippen LogP contribution in [0, 0.1) is 18.8 Å². The number of thiazole rings is 1. The van der Waals surface area contributed by atoms with E-state index in [1.54, 1.807) is 19.2 Å². The summed E-state index contributed by atoms with van der Waals surface area (Å²) in [5.41, 5.74) is 1.11. The molecule has 15 nitrogen and oxygen atoms in total. The first-order valence-electron chi connectivity index (χ1n) is 17.8. The van der Waals surface area contributed by atoms with E-state index in [1.165, 1.54) is 29.4 Å². The third-order valence-electron chi connectivity index (χ3n) is 9.81. The summed E-state index contributed by atoms with van der Waals surface area (Å²) in [6.07, 6.45) is 3.97. The first-order valence-corrected chi connectivity index (χ1v) is 18.7. The molecule has 3 N–H and O–H groups in total. The highest BCUT2D eigenvalue weighted by Gasteiger charge is 2.38. The van der Waals surface area contributed by atoms with Crippen LogP contribution >= 0.6 is 11.3 Å². The number of carbonyl (C=O) groups is 5. The lowest BCUT2D eigenvalue weighted by Gasteiger charge is -2.28. The van der Waals surface area contributed by atoms with E-state index >= 15 is 0 Å². The molecule has 1 aliphatic carbocycles. The summed E-state index contributed by atoms with van der Waals surface area (Å²) >= 11 is 1.24. The number of amides is 5. The van der Waals surface area contributed by atoms with Gasteiger partial charge in [0.15, 0.2) is 5.69 Å². The third kappa shape index (κ3) is 7.38. The first-order chi connectivity index (χ1) is 24.7. The summed E-state index contributed by atoms with van der Waals surface area (Å²) in [6, 6.07) is -0.254. The minimum absolute atomic E-state index is 0.0315. The third-order valence-corrected chi connectivity index (χ3v) is 10.7. The molecule has 1 saturated carbocycles. The molecule has 3 aromatic heterocycles. The minimum atomic E-state index is -0.668. The number of rotatable bonds is 5. The van der Waals surface area contributed by atoms with Gasteiger partial charge in [-0.3, -0.25) is 24.0 Å². The van der Waals surface area contributed by atoms with Gasteiger partial charge in [0.05, 0.1) is 37.5 Å². The van der Waals surface area contributed by atoms with Gasteiger partial charge in [0.2, 0.25) is 17.7 Å². The average molecular weight is 735 g/mol. The summed E-state index contributed by atoms with van der Waals surface area (Å²) in [5, 5.41) is 11.0. The summed E-state index contributed by atoms with van der Waals surface area (Å²) in [6.45, 7) is 10.8. The Bertz CT molecular complexity index is 1880. The fraction of sp³-hybridized carbons (Fsp3) is 0.556. The number of aromatic nitrogens is 3. The Balaban J connectivity index is 1.35. The molecule has 0 radical (unpaired) electrons. The Kier molecular flexibility index (Phi) is 10.7. The van der Waals surface area contributed by atoms with Gasteiger partial charge in [0.25, 0.3) is 23.6 Å². The zero-order valence-electron chi connectivity index (χ0n) is 30.6. The molecule has 0 unspecified atom stereocenters. The van der Waals surface area contributed by atoms with Crippen molar-refractivity contribution in [3.8, 4) is 5.88 Å². The molecule has 5 heterocycles. The van der Waals surface area contributed by atoms with E-state index < -0.39 is 48.3 Å². The molecule has 52 heavy (non-hydrogen) atoms. The van der Waals surface area contributed by atoms with Crippen LogP contribution in [0.15, 0.2) is 15.9 Å². The molecule has 6 rings (SSSR count). The fourth-order valence-corrected chi connectivity index (χ4v) is 8.05. The molecule has 0 spiro atoms. The fourth-order valence-electron chi connectivity index (χ4n) is 7.03. The molecule has 1 fully saturated rings. The number of fused-ring (bicyclic) bond motifs is 5. The van der Waals surface area contributed by atoms with Crippen LogP contribution in [0.25, 0.3) is 0 Å². The quantitative estimate of drug-likeness (QED) is 0.346. The molecule has 5 amide bonds. The lowest BCUT2D eigenvalue weighted by atomic mass is 10.0. The van der Waals surface area contributed by atoms with E-state index in [0.29, 0.717) is 22.8 Å². The molecule has 16 heteroatoms. The van der Waals surface area contributed by atoms with E-state index in [2.05, 4.69) is 30.9 Å². The number of aryl methyl sites for hydroxylation is 1. The maximum Gasteiger partial charge on any atom is 0.273 e. The summed E-state index contributed by atoms with van der Waals surface area (Å²) < 4.78 is 11.5. The van der Waals surface area contributed by atoms with Crippen molar-refractivity contribution in [3.05, 3.63) is 56.3 Å². The van der Waals surface area contributed by atoms with Crippen molar-refractivity contribution < 1.29 is 33.1 Å². The number of ether oxygens (including phenoxy) is 1. The predicted octanol–water partition coefficient (Wildman–Crippen LogP) is 3.96. The summed E-state index contributed by atoms with van der Waals surface area (Å²) in [5.74, 6) is -2.05. The molecule has 3 atom stereocenters. The Hall–Kier alpha value is -4.86. The number of nitrogens with zero attached hydrogens (tertiary/aromatic N) is 5. The maximum atomic E-state index is 14.4. The number of nitrogens with one attached hydrogen (secondary N) is 3. The highest BCUT2D eigenvalue weighted by molar-refractivity contribution is 7.09. The summed E-state index contributed by atoms with van der Waals surface area (Å²) in [4.78, 5) is 85.5. The molecular formula is C36H46N8O7S. The Morgan fingerprint density at radius 2 is 1.67 bits per heavy atom. The number of hydrogen-bond acceptors (Lipinski definition) is 11. The van der Waals surface area contributed by atoms with Gasteiger partial charge in [-0.1, -0.05) is 40.5 Å². The van der Waals surface area contributed by atoms with Crippen molar-refractivity contribution in [1.29, 1.82) is 0 Å². The van der Waals surface area contributed by atoms with Crippen molar-refractivity contribution in [3.63, 3.8) is 0 Å². The number of hydrogen-bond donors (Lipinski definition) is 3. The lowest BCUT2D eigenvalue weighted by Crippen LogP contribution is -2.49. The second-order valence-corrected chi connectivity index (χ2v) is 15.4. The van der Waals surface area contributed by atoms with Crippen molar-refractivity contribution >= 4 is 40.9 Å². The van der Waals surface area contributed by atoms with Gasteiger partial charge >= 0.3 is 0 Å². The van der Waals surface area contributed by atoms with Crippen molar-refractivity contribution in [2.24, 2.45) is 11.8 Å². The molecule has 4 bridgehead atoms. The van der Waals surface area contributed by atoms with Gasteiger partial charge in [-0.2, -0.15) is 0 Å². The largest absolute Gasteiger partial charge is 0.480 e.